The van der Waals surface area contributed by atoms with Crippen LogP contribution in [0.5, 0.6) is 0 Å². The maximum Gasteiger partial charge on any atom is 0.0654 e. The van der Waals surface area contributed by atoms with Crippen molar-refractivity contribution >= 4 is 32.7 Å². The van der Waals surface area contributed by atoms with Crippen LogP contribution in [0.3, 0.4) is 0 Å². The normalized spacial score (nSPS) is 28.2. The van der Waals surface area contributed by atoms with Crippen molar-refractivity contribution in [2.24, 2.45) is 11.8 Å². The van der Waals surface area contributed by atoms with Crippen molar-refractivity contribution in [3.05, 3.63) is 45.6 Å². The molecule has 0 aromatic heterocycles. The summed E-state index contributed by atoms with van der Waals surface area (Å²) in [5.74, 6) is 0.825. The molecular formula is C18H26Cl2SiZr. The monoisotopic (exact) mass is 430 g/mol. The van der Waals surface area contributed by atoms with Gasteiger partial charge in [0.05, 0.1) is 9.52 Å². The van der Waals surface area contributed by atoms with Crippen LogP contribution in [0.2, 0.25) is 0 Å². The molecule has 2 rings (SSSR count). The number of allylic oxidation sites excluding steroid dienone is 8. The molecule has 4 unspecified atom stereocenters. The van der Waals surface area contributed by atoms with E-state index >= 15 is 0 Å². The van der Waals surface area contributed by atoms with Gasteiger partial charge >= 0.3 is 0 Å². The molecule has 0 saturated carbocycles. The third-order valence-corrected chi connectivity index (χ3v) is 8.64. The van der Waals surface area contributed by atoms with Crippen molar-refractivity contribution in [2.45, 2.75) is 51.5 Å². The van der Waals surface area contributed by atoms with E-state index in [4.69, 9.17) is 23.2 Å². The zero-order chi connectivity index (χ0) is 15.9. The van der Waals surface area contributed by atoms with Crippen LogP contribution < -0.4 is 0 Å². The largest absolute Gasteiger partial charge is 0.126 e. The van der Waals surface area contributed by atoms with Crippen molar-refractivity contribution in [1.82, 2.24) is 0 Å². The van der Waals surface area contributed by atoms with Gasteiger partial charge in [-0.25, -0.2) is 0 Å². The molecule has 0 radical (unpaired) electrons. The minimum absolute atomic E-state index is 0. The Morgan fingerprint density at radius 3 is 1.32 bits per heavy atom. The van der Waals surface area contributed by atoms with E-state index in [0.717, 1.165) is 0 Å². The minimum atomic E-state index is -0.590. The zero-order valence-electron chi connectivity index (χ0n) is 14.4. The van der Waals surface area contributed by atoms with Gasteiger partial charge in [0.25, 0.3) is 0 Å². The van der Waals surface area contributed by atoms with E-state index in [1.54, 1.807) is 0 Å². The molecule has 0 aromatic rings. The van der Waals surface area contributed by atoms with Gasteiger partial charge in [0.15, 0.2) is 0 Å². The molecule has 0 N–H and O–H groups in total. The fraction of sp³-hybridized carbons (Fsp3) is 0.556. The average Bonchev–Trinajstić information content (AvgIpc) is 2.76. The summed E-state index contributed by atoms with van der Waals surface area (Å²) in [5, 5.41) is 0.422. The van der Waals surface area contributed by atoms with Crippen molar-refractivity contribution in [3.8, 4) is 0 Å². The van der Waals surface area contributed by atoms with Crippen LogP contribution >= 0.6 is 23.2 Å². The van der Waals surface area contributed by atoms with Crippen LogP contribution in [0.1, 0.15) is 41.5 Å². The Hall–Kier alpha value is 0.640. The minimum Gasteiger partial charge on any atom is -0.126 e. The van der Waals surface area contributed by atoms with E-state index in [-0.39, 0.29) is 36.2 Å². The van der Waals surface area contributed by atoms with E-state index in [9.17, 15) is 0 Å². The molecule has 2 aliphatic rings. The van der Waals surface area contributed by atoms with Crippen LogP contribution in [0.15, 0.2) is 45.6 Å². The summed E-state index contributed by atoms with van der Waals surface area (Å²) >= 11 is 13.6. The molecule has 0 spiro atoms. The third-order valence-electron chi connectivity index (χ3n) is 5.22. The predicted molar refractivity (Wildman–Crippen MR) is 99.1 cm³/mol. The smallest absolute Gasteiger partial charge is 0.0654 e. The predicted octanol–water partition coefficient (Wildman–Crippen LogP) is 5.11. The molecule has 0 saturated heterocycles. The Morgan fingerprint density at radius 1 is 0.773 bits per heavy atom. The number of halogens is 2. The summed E-state index contributed by atoms with van der Waals surface area (Å²) in [4.78, 5) is 0. The van der Waals surface area contributed by atoms with Gasteiger partial charge in [-0.15, -0.1) is 23.2 Å². The van der Waals surface area contributed by atoms with E-state index in [1.807, 2.05) is 0 Å². The Bertz CT molecular complexity index is 522. The molecular weight excluding hydrogens is 406 g/mol. The summed E-state index contributed by atoms with van der Waals surface area (Å²) < 4.78 is 0. The molecule has 0 nitrogen and oxygen atoms in total. The molecule has 0 aliphatic heterocycles. The number of rotatable bonds is 4. The van der Waals surface area contributed by atoms with Crippen LogP contribution in [0, 0.1) is 11.8 Å². The number of hydrogen-bond acceptors (Lipinski definition) is 0. The molecule has 2 aliphatic carbocycles. The van der Waals surface area contributed by atoms with E-state index < -0.39 is 9.52 Å². The van der Waals surface area contributed by atoms with Gasteiger partial charge < -0.3 is 0 Å². The molecule has 0 amide bonds. The van der Waals surface area contributed by atoms with E-state index in [0.29, 0.717) is 11.8 Å². The summed E-state index contributed by atoms with van der Waals surface area (Å²) in [7, 11) is -0.590. The Morgan fingerprint density at radius 2 is 1.09 bits per heavy atom. The first kappa shape index (κ1) is 20.7. The first-order chi connectivity index (χ1) is 9.73. The van der Waals surface area contributed by atoms with Crippen LogP contribution in [-0.4, -0.2) is 19.5 Å². The molecule has 4 heteroatoms. The van der Waals surface area contributed by atoms with E-state index in [2.05, 4.69) is 53.7 Å². The number of alkyl halides is 2. The fourth-order valence-electron chi connectivity index (χ4n) is 3.86. The molecule has 0 fully saturated rings. The van der Waals surface area contributed by atoms with Gasteiger partial charge in [-0.3, -0.25) is 0 Å². The molecule has 120 valence electrons. The van der Waals surface area contributed by atoms with Gasteiger partial charge in [-0.1, -0.05) is 45.6 Å². The summed E-state index contributed by atoms with van der Waals surface area (Å²) in [6.07, 6.45) is 4.56. The second-order valence-corrected chi connectivity index (χ2v) is 11.1. The topological polar surface area (TPSA) is 0 Å². The quantitative estimate of drug-likeness (QED) is 0.428. The van der Waals surface area contributed by atoms with Crippen molar-refractivity contribution in [1.29, 1.82) is 0 Å². The Balaban J connectivity index is 0.00000242. The first-order valence-electron chi connectivity index (χ1n) is 7.73. The van der Waals surface area contributed by atoms with Crippen LogP contribution in [0.25, 0.3) is 0 Å². The molecule has 22 heavy (non-hydrogen) atoms. The first-order valence-corrected chi connectivity index (χ1v) is 10.2. The third kappa shape index (κ3) is 4.00. The average molecular weight is 433 g/mol. The van der Waals surface area contributed by atoms with Crippen molar-refractivity contribution in [3.63, 3.8) is 0 Å². The van der Waals surface area contributed by atoms with Gasteiger partial charge in [0, 0.05) is 48.0 Å². The maximum atomic E-state index is 6.81. The van der Waals surface area contributed by atoms with Gasteiger partial charge in [-0.05, 0) is 41.5 Å². The van der Waals surface area contributed by atoms with E-state index in [1.165, 1.54) is 33.4 Å². The van der Waals surface area contributed by atoms with Gasteiger partial charge in [0.1, 0.15) is 0 Å². The molecule has 0 heterocycles. The van der Waals surface area contributed by atoms with Gasteiger partial charge in [-0.2, -0.15) is 0 Å². The standard InChI is InChI=1S/C18H26Cl2Si.Zr/c1-9-7-11(3)15(13(9)5)17(19)21-18(20)16-12(4)8-10(2)14(16)6;/h7-8,15-18H,21H2,1-6H3;. The SMILES string of the molecule is CC1=CC(C)=C(C)C1C(Cl)[SiH2]C(Cl)C1C(C)=CC(C)=C1C.[Zr]. The van der Waals surface area contributed by atoms with Crippen molar-refractivity contribution < 1.29 is 26.2 Å². The second kappa shape index (κ2) is 8.15. The maximum absolute atomic E-state index is 6.81. The van der Waals surface area contributed by atoms with Crippen LogP contribution in [-0.2, 0) is 26.2 Å². The molecule has 0 bridgehead atoms. The molecule has 4 atom stereocenters. The number of hydrogen-bond donors (Lipinski definition) is 0. The summed E-state index contributed by atoms with van der Waals surface area (Å²) in [6, 6.07) is 0. The molecule has 0 aromatic carbocycles. The zero-order valence-corrected chi connectivity index (χ0v) is 19.8. The Kier molecular flexibility index (Phi) is 7.66. The van der Waals surface area contributed by atoms with Crippen LogP contribution in [0.4, 0.5) is 0 Å². The Labute approximate surface area is 167 Å². The summed E-state index contributed by atoms with van der Waals surface area (Å²) in [6.45, 7) is 13.2. The van der Waals surface area contributed by atoms with Crippen molar-refractivity contribution in [2.75, 3.05) is 0 Å². The van der Waals surface area contributed by atoms with Gasteiger partial charge in [0.2, 0.25) is 0 Å². The fourth-order valence-corrected chi connectivity index (χ4v) is 8.49. The second-order valence-electron chi connectivity index (χ2n) is 6.73. The summed E-state index contributed by atoms with van der Waals surface area (Å²) in [5.41, 5.74) is 8.45.